The molecule has 6 nitrogen and oxygen atoms in total. The molecule has 6 heteroatoms. The first-order valence-electron chi connectivity index (χ1n) is 10.2. The van der Waals surface area contributed by atoms with Gasteiger partial charge in [-0.25, -0.2) is 0 Å². The van der Waals surface area contributed by atoms with Crippen LogP contribution in [0.5, 0.6) is 0 Å². The molecule has 0 saturated heterocycles. The van der Waals surface area contributed by atoms with Gasteiger partial charge in [0.1, 0.15) is 0 Å². The van der Waals surface area contributed by atoms with Crippen molar-refractivity contribution in [3.63, 3.8) is 0 Å². The van der Waals surface area contributed by atoms with E-state index in [0.29, 0.717) is 18.4 Å². The van der Waals surface area contributed by atoms with Crippen molar-refractivity contribution in [3.05, 3.63) is 77.1 Å². The summed E-state index contributed by atoms with van der Waals surface area (Å²) in [5.41, 5.74) is 2.87. The van der Waals surface area contributed by atoms with Crippen LogP contribution in [0, 0.1) is 0 Å². The molecule has 0 fully saturated rings. The first kappa shape index (κ1) is 20.2. The van der Waals surface area contributed by atoms with Crippen LogP contribution in [-0.4, -0.2) is 44.5 Å². The first-order valence-corrected chi connectivity index (χ1v) is 10.2. The number of nitrogens with zero attached hydrogens (tertiary/aromatic N) is 2. The summed E-state index contributed by atoms with van der Waals surface area (Å²) in [6.07, 6.45) is 3.99. The van der Waals surface area contributed by atoms with E-state index in [9.17, 15) is 19.8 Å². The second-order valence-electron chi connectivity index (χ2n) is 8.18. The molecule has 0 bridgehead atoms. The van der Waals surface area contributed by atoms with Gasteiger partial charge in [-0.3, -0.25) is 9.59 Å². The largest absolute Gasteiger partial charge is 0.481 e. The third-order valence-corrected chi connectivity index (χ3v) is 6.28. The van der Waals surface area contributed by atoms with Gasteiger partial charge >= 0.3 is 5.97 Å². The molecule has 0 radical (unpaired) electrons. The van der Waals surface area contributed by atoms with Gasteiger partial charge in [0, 0.05) is 36.9 Å². The Hall–Kier alpha value is -3.12. The maximum absolute atomic E-state index is 13.2. The number of rotatable bonds is 5. The zero-order valence-electron chi connectivity index (χ0n) is 17.2. The van der Waals surface area contributed by atoms with Gasteiger partial charge in [-0.2, -0.15) is 0 Å². The molecule has 2 N–H and O–H groups in total. The number of benzene rings is 1. The summed E-state index contributed by atoms with van der Waals surface area (Å²) in [6, 6.07) is 14.7. The highest BCUT2D eigenvalue weighted by molar-refractivity contribution is 5.86. The lowest BCUT2D eigenvalue weighted by Crippen LogP contribution is -2.49. The van der Waals surface area contributed by atoms with Gasteiger partial charge in [-0.05, 0) is 48.6 Å². The monoisotopic (exact) mass is 406 g/mol. The van der Waals surface area contributed by atoms with Gasteiger partial charge in [0.2, 0.25) is 0 Å². The van der Waals surface area contributed by atoms with Crippen LogP contribution >= 0.6 is 0 Å². The fraction of sp³-hybridized carbons (Fsp3) is 0.333. The van der Waals surface area contributed by atoms with E-state index in [2.05, 4.69) is 0 Å². The molecule has 1 aliphatic rings. The average Bonchev–Trinajstić information content (AvgIpc) is 3.06. The van der Waals surface area contributed by atoms with Crippen molar-refractivity contribution in [1.29, 1.82) is 0 Å². The topological polar surface area (TPSA) is 82.2 Å². The number of carbonyl (C=O) groups excluding carboxylic acids is 1. The number of aliphatic carboxylic acids is 1. The van der Waals surface area contributed by atoms with E-state index in [-0.39, 0.29) is 18.4 Å². The molecule has 2 heterocycles. The molecule has 1 aliphatic carbocycles. The van der Waals surface area contributed by atoms with Crippen LogP contribution in [0.4, 0.5) is 0 Å². The molecule has 0 saturated carbocycles. The molecule has 1 amide bonds. The Morgan fingerprint density at radius 3 is 2.57 bits per heavy atom. The SMILES string of the molecule is CN(C(=O)[C@](C)(O)c1ccccc1)[C@@H]1CCc2c(CC(=O)O)c3ccccn3c2C1. The Morgan fingerprint density at radius 1 is 1.17 bits per heavy atom. The van der Waals surface area contributed by atoms with Crippen molar-refractivity contribution in [2.75, 3.05) is 7.05 Å². The minimum atomic E-state index is -1.61. The van der Waals surface area contributed by atoms with Crippen LogP contribution in [0.3, 0.4) is 0 Å². The lowest BCUT2D eigenvalue weighted by Gasteiger charge is -2.36. The average molecular weight is 406 g/mol. The van der Waals surface area contributed by atoms with Crippen molar-refractivity contribution in [3.8, 4) is 0 Å². The highest BCUT2D eigenvalue weighted by Gasteiger charge is 2.38. The first-order chi connectivity index (χ1) is 14.3. The number of fused-ring (bicyclic) bond motifs is 3. The molecule has 4 rings (SSSR count). The summed E-state index contributed by atoms with van der Waals surface area (Å²) in [6.45, 7) is 1.53. The molecule has 3 aromatic rings. The maximum atomic E-state index is 13.2. The van der Waals surface area contributed by atoms with Crippen molar-refractivity contribution in [2.45, 2.75) is 44.2 Å². The summed E-state index contributed by atoms with van der Waals surface area (Å²) in [4.78, 5) is 26.2. The van der Waals surface area contributed by atoms with Gasteiger partial charge in [-0.1, -0.05) is 36.4 Å². The summed E-state index contributed by atoms with van der Waals surface area (Å²) in [5, 5.41) is 20.3. The van der Waals surface area contributed by atoms with Gasteiger partial charge in [0.15, 0.2) is 5.60 Å². The van der Waals surface area contributed by atoms with E-state index in [1.54, 1.807) is 36.2 Å². The van der Waals surface area contributed by atoms with Crippen LogP contribution < -0.4 is 0 Å². The van der Waals surface area contributed by atoms with Crippen LogP contribution in [-0.2, 0) is 34.5 Å². The number of carboxylic acids is 1. The number of carboxylic acid groups (broad SMARTS) is 1. The van der Waals surface area contributed by atoms with Crippen LogP contribution in [0.1, 0.15) is 35.7 Å². The predicted octanol–water partition coefficient (Wildman–Crippen LogP) is 2.79. The molecule has 0 aliphatic heterocycles. The Balaban J connectivity index is 1.64. The smallest absolute Gasteiger partial charge is 0.307 e. The maximum Gasteiger partial charge on any atom is 0.307 e. The van der Waals surface area contributed by atoms with Gasteiger partial charge < -0.3 is 19.5 Å². The van der Waals surface area contributed by atoms with Gasteiger partial charge in [0.05, 0.1) is 6.42 Å². The second kappa shape index (κ2) is 7.61. The fourth-order valence-electron chi connectivity index (χ4n) is 4.63. The van der Waals surface area contributed by atoms with Crippen LogP contribution in [0.15, 0.2) is 54.7 Å². The Morgan fingerprint density at radius 2 is 1.87 bits per heavy atom. The van der Waals surface area contributed by atoms with Gasteiger partial charge in [0.25, 0.3) is 5.91 Å². The lowest BCUT2D eigenvalue weighted by molar-refractivity contribution is -0.151. The molecule has 0 spiro atoms. The molecule has 156 valence electrons. The number of aromatic nitrogens is 1. The second-order valence-corrected chi connectivity index (χ2v) is 8.18. The van der Waals surface area contributed by atoms with Gasteiger partial charge in [-0.15, -0.1) is 0 Å². The summed E-state index contributed by atoms with van der Waals surface area (Å²) in [5.74, 6) is -1.18. The Kier molecular flexibility index (Phi) is 5.12. The van der Waals surface area contributed by atoms with E-state index in [1.807, 2.05) is 34.9 Å². The van der Waals surface area contributed by atoms with Crippen molar-refractivity contribution < 1.29 is 19.8 Å². The summed E-state index contributed by atoms with van der Waals surface area (Å²) < 4.78 is 2.05. The number of aliphatic hydroxyl groups is 1. The normalized spacial score (nSPS) is 17.9. The van der Waals surface area contributed by atoms with Crippen molar-refractivity contribution >= 4 is 17.4 Å². The Bertz CT molecular complexity index is 1100. The Labute approximate surface area is 175 Å². The number of pyridine rings is 1. The number of carbonyl (C=O) groups is 2. The fourth-order valence-corrected chi connectivity index (χ4v) is 4.63. The van der Waals surface area contributed by atoms with Crippen molar-refractivity contribution in [1.82, 2.24) is 9.30 Å². The predicted molar refractivity (Wildman–Crippen MR) is 113 cm³/mol. The molecule has 0 unspecified atom stereocenters. The van der Waals surface area contributed by atoms with Crippen molar-refractivity contribution in [2.24, 2.45) is 0 Å². The van der Waals surface area contributed by atoms with E-state index < -0.39 is 11.6 Å². The van der Waals surface area contributed by atoms with Crippen LogP contribution in [0.2, 0.25) is 0 Å². The highest BCUT2D eigenvalue weighted by Crippen LogP contribution is 2.33. The third kappa shape index (κ3) is 3.37. The van der Waals surface area contributed by atoms with E-state index in [1.165, 1.54) is 6.92 Å². The zero-order chi connectivity index (χ0) is 21.5. The van der Waals surface area contributed by atoms with E-state index in [4.69, 9.17) is 0 Å². The number of hydrogen-bond acceptors (Lipinski definition) is 3. The minimum absolute atomic E-state index is 0.00893. The number of amides is 1. The molecule has 30 heavy (non-hydrogen) atoms. The zero-order valence-corrected chi connectivity index (χ0v) is 17.2. The molecular formula is C24H26N2O4. The standard InChI is InChI=1S/C24H26N2O4/c1-24(30,16-8-4-3-5-9-16)23(29)25(2)17-11-12-18-19(15-22(27)28)20-10-6-7-13-26(20)21(18)14-17/h3-10,13,17,30H,11-12,14-15H2,1-2H3,(H,27,28)/t17-,24-/m1/s1. The number of hydrogen-bond donors (Lipinski definition) is 2. The van der Waals surface area contributed by atoms with E-state index in [0.717, 1.165) is 28.8 Å². The molecule has 1 aromatic carbocycles. The third-order valence-electron chi connectivity index (χ3n) is 6.28. The summed E-state index contributed by atoms with van der Waals surface area (Å²) in [7, 11) is 1.74. The lowest BCUT2D eigenvalue weighted by atomic mass is 9.88. The molecular weight excluding hydrogens is 380 g/mol. The summed E-state index contributed by atoms with van der Waals surface area (Å²) >= 11 is 0. The molecule has 2 atom stereocenters. The molecule has 2 aromatic heterocycles. The number of likely N-dealkylation sites (N-methyl/N-ethyl adjacent to an activating group) is 1. The highest BCUT2D eigenvalue weighted by atomic mass is 16.4. The minimum Gasteiger partial charge on any atom is -0.481 e. The van der Waals surface area contributed by atoms with E-state index >= 15 is 0 Å². The quantitative estimate of drug-likeness (QED) is 0.683. The van der Waals surface area contributed by atoms with Crippen LogP contribution in [0.25, 0.3) is 5.52 Å².